The lowest BCUT2D eigenvalue weighted by molar-refractivity contribution is 0.102. The predicted molar refractivity (Wildman–Crippen MR) is 102 cm³/mol. The normalized spacial score (nSPS) is 14.6. The van der Waals surface area contributed by atoms with Gasteiger partial charge in [-0.15, -0.1) is 0 Å². The predicted octanol–water partition coefficient (Wildman–Crippen LogP) is 2.98. The summed E-state index contributed by atoms with van der Waals surface area (Å²) in [5, 5.41) is 3.61. The Hall–Kier alpha value is -2.71. The summed E-state index contributed by atoms with van der Waals surface area (Å²) in [7, 11) is 0. The van der Waals surface area contributed by atoms with Crippen LogP contribution in [0.4, 0.5) is 11.5 Å². The molecule has 1 amide bonds. The van der Waals surface area contributed by atoms with Gasteiger partial charge < -0.3 is 19.4 Å². The zero-order valence-electron chi connectivity index (χ0n) is 15.0. The van der Waals surface area contributed by atoms with Gasteiger partial charge in [0.25, 0.3) is 5.91 Å². The van der Waals surface area contributed by atoms with Gasteiger partial charge in [0.05, 0.1) is 29.9 Å². The second-order valence-electron chi connectivity index (χ2n) is 6.20. The smallest absolute Gasteiger partial charge is 0.260 e. The maximum Gasteiger partial charge on any atom is 0.260 e. The maximum atomic E-state index is 13.0. The van der Waals surface area contributed by atoms with Crippen LogP contribution in [0.1, 0.15) is 21.9 Å². The monoisotopic (exact) mass is 387 g/mol. The molecule has 0 aromatic carbocycles. The summed E-state index contributed by atoms with van der Waals surface area (Å²) in [6, 6.07) is 3.39. The summed E-state index contributed by atoms with van der Waals surface area (Å²) in [4.78, 5) is 28.0. The van der Waals surface area contributed by atoms with Crippen LogP contribution < -0.4 is 10.2 Å². The molecule has 8 nitrogen and oxygen atoms in total. The minimum absolute atomic E-state index is 0.219. The largest absolute Gasteiger partial charge is 0.442 e. The maximum absolute atomic E-state index is 13.0. The Morgan fingerprint density at radius 1 is 1.26 bits per heavy atom. The van der Waals surface area contributed by atoms with E-state index >= 15 is 0 Å². The molecule has 0 radical (unpaired) electrons. The standard InChI is InChI=1S/C18H18ClN5O3/c1-10-13(17(25)23-12-4-3-5-20-15(12)19)14-16(24-6-8-26-9-7-24)21-11(2)22-18(14)27-10/h3-5H,6-9H2,1-2H3,(H,23,25). The van der Waals surface area contributed by atoms with E-state index in [1.807, 2.05) is 0 Å². The van der Waals surface area contributed by atoms with Crippen LogP contribution >= 0.6 is 11.6 Å². The van der Waals surface area contributed by atoms with Crippen molar-refractivity contribution in [2.75, 3.05) is 36.5 Å². The van der Waals surface area contributed by atoms with Crippen molar-refractivity contribution < 1.29 is 13.9 Å². The molecule has 1 aliphatic heterocycles. The number of carbonyl (C=O) groups excluding carboxylic acids is 1. The summed E-state index contributed by atoms with van der Waals surface area (Å²) in [6.07, 6.45) is 1.56. The highest BCUT2D eigenvalue weighted by Gasteiger charge is 2.27. The first-order valence-corrected chi connectivity index (χ1v) is 8.94. The molecule has 140 valence electrons. The Balaban J connectivity index is 1.81. The molecule has 3 aromatic rings. The first kappa shape index (κ1) is 17.7. The number of nitrogens with one attached hydrogen (secondary N) is 1. The zero-order valence-corrected chi connectivity index (χ0v) is 15.7. The van der Waals surface area contributed by atoms with Crippen molar-refractivity contribution in [3.63, 3.8) is 0 Å². The number of pyridine rings is 1. The number of halogens is 1. The second-order valence-corrected chi connectivity index (χ2v) is 6.56. The molecule has 0 spiro atoms. The van der Waals surface area contributed by atoms with Crippen LogP contribution in [-0.4, -0.2) is 47.2 Å². The highest BCUT2D eigenvalue weighted by atomic mass is 35.5. The van der Waals surface area contributed by atoms with Crippen molar-refractivity contribution in [3.05, 3.63) is 40.6 Å². The third-order valence-corrected chi connectivity index (χ3v) is 4.67. The molecular weight excluding hydrogens is 370 g/mol. The van der Waals surface area contributed by atoms with E-state index in [-0.39, 0.29) is 11.1 Å². The van der Waals surface area contributed by atoms with Crippen molar-refractivity contribution >= 4 is 40.1 Å². The van der Waals surface area contributed by atoms with Gasteiger partial charge in [-0.2, -0.15) is 4.98 Å². The molecule has 4 rings (SSSR count). The number of nitrogens with zero attached hydrogens (tertiary/aromatic N) is 4. The van der Waals surface area contributed by atoms with E-state index in [1.54, 1.807) is 32.2 Å². The van der Waals surface area contributed by atoms with Crippen LogP contribution in [0.15, 0.2) is 22.7 Å². The average Bonchev–Trinajstić information content (AvgIpc) is 2.99. The summed E-state index contributed by atoms with van der Waals surface area (Å²) in [5.74, 6) is 1.39. The van der Waals surface area contributed by atoms with Crippen LogP contribution in [0.5, 0.6) is 0 Å². The molecule has 0 bridgehead atoms. The lowest BCUT2D eigenvalue weighted by atomic mass is 10.1. The van der Waals surface area contributed by atoms with Gasteiger partial charge in [-0.3, -0.25) is 4.79 Å². The van der Waals surface area contributed by atoms with E-state index in [2.05, 4.69) is 25.2 Å². The SMILES string of the molecule is Cc1nc(N2CCOCC2)c2c(C(=O)Nc3cccnc3Cl)c(C)oc2n1. The van der Waals surface area contributed by atoms with Gasteiger partial charge in [-0.05, 0) is 26.0 Å². The molecule has 1 saturated heterocycles. The van der Waals surface area contributed by atoms with Gasteiger partial charge in [-0.1, -0.05) is 11.6 Å². The molecule has 0 aliphatic carbocycles. The third kappa shape index (κ3) is 3.33. The number of hydrogen-bond donors (Lipinski definition) is 1. The molecule has 9 heteroatoms. The van der Waals surface area contributed by atoms with Crippen molar-refractivity contribution in [2.45, 2.75) is 13.8 Å². The van der Waals surface area contributed by atoms with Crippen LogP contribution in [0.2, 0.25) is 5.15 Å². The number of aryl methyl sites for hydroxylation is 2. The molecule has 0 saturated carbocycles. The molecule has 1 aliphatic rings. The van der Waals surface area contributed by atoms with E-state index in [1.165, 1.54) is 0 Å². The fourth-order valence-electron chi connectivity index (χ4n) is 3.14. The Morgan fingerprint density at radius 3 is 2.78 bits per heavy atom. The zero-order chi connectivity index (χ0) is 19.0. The van der Waals surface area contributed by atoms with Crippen molar-refractivity contribution in [2.24, 2.45) is 0 Å². The topological polar surface area (TPSA) is 93.4 Å². The van der Waals surface area contributed by atoms with E-state index in [4.69, 9.17) is 20.8 Å². The Bertz CT molecular complexity index is 1010. The molecule has 1 fully saturated rings. The van der Waals surface area contributed by atoms with Crippen LogP contribution in [0, 0.1) is 13.8 Å². The lowest BCUT2D eigenvalue weighted by Gasteiger charge is -2.28. The number of amides is 1. The lowest BCUT2D eigenvalue weighted by Crippen LogP contribution is -2.37. The van der Waals surface area contributed by atoms with Crippen molar-refractivity contribution in [1.29, 1.82) is 0 Å². The van der Waals surface area contributed by atoms with Gasteiger partial charge in [0, 0.05) is 19.3 Å². The van der Waals surface area contributed by atoms with Gasteiger partial charge in [0.15, 0.2) is 5.15 Å². The number of furan rings is 1. The second kappa shape index (κ2) is 7.13. The van der Waals surface area contributed by atoms with Crippen LogP contribution in [0.3, 0.4) is 0 Å². The number of rotatable bonds is 3. The molecular formula is C18H18ClN5O3. The van der Waals surface area contributed by atoms with Crippen LogP contribution in [0.25, 0.3) is 11.1 Å². The highest BCUT2D eigenvalue weighted by molar-refractivity contribution is 6.32. The van der Waals surface area contributed by atoms with E-state index in [0.29, 0.717) is 66.1 Å². The number of hydrogen-bond acceptors (Lipinski definition) is 7. The first-order chi connectivity index (χ1) is 13.0. The molecule has 1 N–H and O–H groups in total. The molecule has 0 atom stereocenters. The number of anilines is 2. The quantitative estimate of drug-likeness (QED) is 0.690. The fourth-order valence-corrected chi connectivity index (χ4v) is 3.31. The summed E-state index contributed by atoms with van der Waals surface area (Å²) >= 11 is 6.07. The minimum Gasteiger partial charge on any atom is -0.442 e. The summed E-state index contributed by atoms with van der Waals surface area (Å²) in [6.45, 7) is 6.12. The number of aromatic nitrogens is 3. The van der Waals surface area contributed by atoms with E-state index < -0.39 is 0 Å². The average molecular weight is 388 g/mol. The Kier molecular flexibility index (Phi) is 4.67. The van der Waals surface area contributed by atoms with E-state index in [9.17, 15) is 4.79 Å². The number of carbonyl (C=O) groups is 1. The minimum atomic E-state index is -0.344. The van der Waals surface area contributed by atoms with Crippen molar-refractivity contribution in [1.82, 2.24) is 15.0 Å². The fraction of sp³-hybridized carbons (Fsp3) is 0.333. The number of morpholine rings is 1. The number of fused-ring (bicyclic) bond motifs is 1. The van der Waals surface area contributed by atoms with Gasteiger partial charge in [0.2, 0.25) is 5.71 Å². The molecule has 27 heavy (non-hydrogen) atoms. The molecule has 4 heterocycles. The first-order valence-electron chi connectivity index (χ1n) is 8.57. The van der Waals surface area contributed by atoms with E-state index in [0.717, 1.165) is 0 Å². The van der Waals surface area contributed by atoms with Gasteiger partial charge in [0.1, 0.15) is 17.4 Å². The Morgan fingerprint density at radius 2 is 2.04 bits per heavy atom. The van der Waals surface area contributed by atoms with Gasteiger partial charge >= 0.3 is 0 Å². The summed E-state index contributed by atoms with van der Waals surface area (Å²) < 4.78 is 11.2. The molecule has 0 unspecified atom stereocenters. The van der Waals surface area contributed by atoms with Gasteiger partial charge in [-0.25, -0.2) is 9.97 Å². The molecule has 3 aromatic heterocycles. The number of ether oxygens (including phenoxy) is 1. The third-order valence-electron chi connectivity index (χ3n) is 4.37. The van der Waals surface area contributed by atoms with Crippen molar-refractivity contribution in [3.8, 4) is 0 Å². The van der Waals surface area contributed by atoms with Crippen LogP contribution in [-0.2, 0) is 4.74 Å². The highest BCUT2D eigenvalue weighted by Crippen LogP contribution is 2.33. The Labute approximate surface area is 160 Å². The summed E-state index contributed by atoms with van der Waals surface area (Å²) in [5.41, 5.74) is 1.22.